The van der Waals surface area contributed by atoms with Gasteiger partial charge in [-0.15, -0.1) is 0 Å². The van der Waals surface area contributed by atoms with Crippen LogP contribution in [0.1, 0.15) is 11.1 Å². The third-order valence-corrected chi connectivity index (χ3v) is 7.20. The Morgan fingerprint density at radius 3 is 2.32 bits per heavy atom. The third kappa shape index (κ3) is 3.54. The molecule has 0 fully saturated rings. The number of hydrogen-bond donors (Lipinski definition) is 0. The van der Waals surface area contributed by atoms with E-state index in [1.165, 1.54) is 4.31 Å². The van der Waals surface area contributed by atoms with E-state index >= 15 is 0 Å². The fourth-order valence-corrected chi connectivity index (χ4v) is 5.66. The Hall–Kier alpha value is -2.32. The zero-order valence-electron chi connectivity index (χ0n) is 15.0. The van der Waals surface area contributed by atoms with Gasteiger partial charge in [-0.25, -0.2) is 8.42 Å². The summed E-state index contributed by atoms with van der Waals surface area (Å²) in [7, 11) is -3.67. The van der Waals surface area contributed by atoms with E-state index < -0.39 is 10.0 Å². The Morgan fingerprint density at radius 1 is 1.00 bits per heavy atom. The fourth-order valence-electron chi connectivity index (χ4n) is 3.21. The molecule has 1 aliphatic rings. The summed E-state index contributed by atoms with van der Waals surface area (Å²) in [6, 6.07) is 22.0. The molecule has 0 unspecified atom stereocenters. The number of hydrogen-bond acceptors (Lipinski definition) is 3. The molecule has 4 rings (SSSR count). The van der Waals surface area contributed by atoms with E-state index in [1.807, 2.05) is 36.4 Å². The minimum atomic E-state index is -3.67. The lowest BCUT2D eigenvalue weighted by molar-refractivity contribution is 0.306. The van der Waals surface area contributed by atoms with Crippen molar-refractivity contribution in [3.63, 3.8) is 0 Å². The van der Waals surface area contributed by atoms with Crippen LogP contribution in [0.5, 0.6) is 5.75 Å². The molecule has 0 aliphatic carbocycles. The van der Waals surface area contributed by atoms with Crippen LogP contribution in [0.3, 0.4) is 0 Å². The van der Waals surface area contributed by atoms with Gasteiger partial charge in [-0.05, 0) is 51.9 Å². The topological polar surface area (TPSA) is 46.6 Å². The van der Waals surface area contributed by atoms with E-state index in [0.29, 0.717) is 18.0 Å². The Labute approximate surface area is 178 Å². The van der Waals surface area contributed by atoms with Crippen molar-refractivity contribution in [3.05, 3.63) is 94.1 Å². The minimum Gasteiger partial charge on any atom is -0.489 e. The van der Waals surface area contributed by atoms with Crippen LogP contribution < -0.4 is 9.04 Å². The highest BCUT2D eigenvalue weighted by Crippen LogP contribution is 2.43. The number of fused-ring (bicyclic) bond motifs is 1. The van der Waals surface area contributed by atoms with E-state index in [2.05, 4.69) is 29.2 Å². The van der Waals surface area contributed by atoms with E-state index in [1.54, 1.807) is 36.4 Å². The SMILES string of the molecule is C=C1CN(S(=O)(=O)c2ccccc2)c2cc(OCc3ccccc3)cc(I)c21. The molecule has 0 spiro atoms. The van der Waals surface area contributed by atoms with Gasteiger partial charge in [0.05, 0.1) is 17.1 Å². The number of ether oxygens (including phenoxy) is 1. The van der Waals surface area contributed by atoms with Crippen molar-refractivity contribution in [2.45, 2.75) is 11.5 Å². The van der Waals surface area contributed by atoms with Gasteiger partial charge in [0, 0.05) is 15.2 Å². The highest BCUT2D eigenvalue weighted by molar-refractivity contribution is 14.1. The second-order valence-corrected chi connectivity index (χ2v) is 9.53. The van der Waals surface area contributed by atoms with Crippen LogP contribution in [0.4, 0.5) is 5.69 Å². The Kier molecular flexibility index (Phi) is 5.16. The van der Waals surface area contributed by atoms with Gasteiger partial charge in [0.1, 0.15) is 12.4 Å². The molecule has 1 heterocycles. The van der Waals surface area contributed by atoms with Crippen LogP contribution in [-0.2, 0) is 16.6 Å². The van der Waals surface area contributed by atoms with Crippen molar-refractivity contribution in [2.24, 2.45) is 0 Å². The first kappa shape index (κ1) is 19.0. The Morgan fingerprint density at radius 2 is 1.64 bits per heavy atom. The molecule has 3 aromatic carbocycles. The largest absolute Gasteiger partial charge is 0.489 e. The van der Waals surface area contributed by atoms with E-state index in [-0.39, 0.29) is 11.4 Å². The number of halogens is 1. The molecule has 1 aliphatic heterocycles. The summed E-state index contributed by atoms with van der Waals surface area (Å²) < 4.78 is 34.7. The maximum Gasteiger partial charge on any atom is 0.264 e. The average Bonchev–Trinajstić information content (AvgIpc) is 3.05. The summed E-state index contributed by atoms with van der Waals surface area (Å²) >= 11 is 2.21. The summed E-state index contributed by atoms with van der Waals surface area (Å²) in [4.78, 5) is 0.265. The molecule has 142 valence electrons. The molecule has 0 amide bonds. The molecular weight excluding hydrogens is 485 g/mol. The van der Waals surface area contributed by atoms with Gasteiger partial charge in [-0.3, -0.25) is 4.31 Å². The number of rotatable bonds is 5. The summed E-state index contributed by atoms with van der Waals surface area (Å²) in [5, 5.41) is 0. The molecule has 0 aromatic heterocycles. The molecule has 0 saturated carbocycles. The number of sulfonamides is 1. The quantitative estimate of drug-likeness (QED) is 0.456. The highest BCUT2D eigenvalue weighted by atomic mass is 127. The number of anilines is 1. The molecule has 0 radical (unpaired) electrons. The first-order valence-electron chi connectivity index (χ1n) is 8.73. The first-order valence-corrected chi connectivity index (χ1v) is 11.2. The number of benzene rings is 3. The molecule has 3 aromatic rings. The van der Waals surface area contributed by atoms with Crippen molar-refractivity contribution in [3.8, 4) is 5.75 Å². The zero-order chi connectivity index (χ0) is 19.7. The van der Waals surface area contributed by atoms with Crippen LogP contribution in [0.15, 0.2) is 84.3 Å². The van der Waals surface area contributed by atoms with Gasteiger partial charge in [0.15, 0.2) is 0 Å². The monoisotopic (exact) mass is 503 g/mol. The fraction of sp³-hybridized carbons (Fsp3) is 0.0909. The minimum absolute atomic E-state index is 0.241. The van der Waals surface area contributed by atoms with Gasteiger partial charge in [0.25, 0.3) is 10.0 Å². The van der Waals surface area contributed by atoms with Gasteiger partial charge >= 0.3 is 0 Å². The summed E-state index contributed by atoms with van der Waals surface area (Å²) in [5.41, 5.74) is 3.32. The summed E-state index contributed by atoms with van der Waals surface area (Å²) in [6.45, 7) is 4.74. The maximum atomic E-state index is 13.2. The molecule has 0 atom stereocenters. The van der Waals surface area contributed by atoms with Crippen molar-refractivity contribution in [1.29, 1.82) is 0 Å². The first-order chi connectivity index (χ1) is 13.5. The van der Waals surface area contributed by atoms with Gasteiger partial charge < -0.3 is 4.74 Å². The molecule has 0 saturated heterocycles. The van der Waals surface area contributed by atoms with E-state index in [4.69, 9.17) is 4.74 Å². The van der Waals surface area contributed by atoms with Gasteiger partial charge in [0.2, 0.25) is 0 Å². The molecular formula is C22H18INO3S. The normalized spacial score (nSPS) is 13.5. The molecule has 28 heavy (non-hydrogen) atoms. The van der Waals surface area contributed by atoms with Crippen LogP contribution in [0.2, 0.25) is 0 Å². The standard InChI is InChI=1S/C22H18INO3S/c1-16-14-24(28(25,26)19-10-6-3-7-11-19)21-13-18(12-20(23)22(16)21)27-15-17-8-4-2-5-9-17/h2-13H,1,14-15H2. The smallest absolute Gasteiger partial charge is 0.264 e. The second-order valence-electron chi connectivity index (χ2n) is 6.50. The Bertz CT molecular complexity index is 1130. The van der Waals surface area contributed by atoms with Gasteiger partial charge in [-0.2, -0.15) is 0 Å². The lowest BCUT2D eigenvalue weighted by Crippen LogP contribution is -2.28. The molecule has 0 bridgehead atoms. The van der Waals surface area contributed by atoms with Crippen LogP contribution in [0.25, 0.3) is 5.57 Å². The van der Waals surface area contributed by atoms with E-state index in [9.17, 15) is 8.42 Å². The third-order valence-electron chi connectivity index (χ3n) is 4.58. The Balaban J connectivity index is 1.70. The second kappa shape index (κ2) is 7.60. The lowest BCUT2D eigenvalue weighted by atomic mass is 10.1. The van der Waals surface area contributed by atoms with Gasteiger partial charge in [-0.1, -0.05) is 55.1 Å². The van der Waals surface area contributed by atoms with Crippen molar-refractivity contribution in [1.82, 2.24) is 0 Å². The molecule has 6 heteroatoms. The maximum absolute atomic E-state index is 13.2. The van der Waals surface area contributed by atoms with E-state index in [0.717, 1.165) is 20.3 Å². The van der Waals surface area contributed by atoms with Crippen LogP contribution in [-0.4, -0.2) is 15.0 Å². The molecule has 0 N–H and O–H groups in total. The zero-order valence-corrected chi connectivity index (χ0v) is 18.0. The highest BCUT2D eigenvalue weighted by Gasteiger charge is 2.34. The lowest BCUT2D eigenvalue weighted by Gasteiger charge is -2.20. The molecule has 4 nitrogen and oxygen atoms in total. The van der Waals surface area contributed by atoms with Crippen LogP contribution >= 0.6 is 22.6 Å². The number of nitrogens with zero attached hydrogens (tertiary/aromatic N) is 1. The van der Waals surface area contributed by atoms with Crippen LogP contribution in [0, 0.1) is 3.57 Å². The van der Waals surface area contributed by atoms with Crippen molar-refractivity contribution < 1.29 is 13.2 Å². The predicted molar refractivity (Wildman–Crippen MR) is 120 cm³/mol. The average molecular weight is 503 g/mol. The van der Waals surface area contributed by atoms with Crippen molar-refractivity contribution in [2.75, 3.05) is 10.8 Å². The summed E-state index contributed by atoms with van der Waals surface area (Å²) in [5.74, 6) is 0.634. The van der Waals surface area contributed by atoms with Crippen molar-refractivity contribution >= 4 is 43.9 Å². The summed E-state index contributed by atoms with van der Waals surface area (Å²) in [6.07, 6.45) is 0. The predicted octanol–water partition coefficient (Wildman–Crippen LogP) is 5.09.